The van der Waals surface area contributed by atoms with Gasteiger partial charge in [0, 0.05) is 5.75 Å². The third-order valence-electron chi connectivity index (χ3n) is 2.43. The molecule has 0 aromatic carbocycles. The van der Waals surface area contributed by atoms with Gasteiger partial charge in [0.1, 0.15) is 11.4 Å². The van der Waals surface area contributed by atoms with Crippen molar-refractivity contribution in [1.29, 1.82) is 5.26 Å². The van der Waals surface area contributed by atoms with Crippen LogP contribution in [-0.2, 0) is 0 Å². The SMILES string of the molecule is CNC(C)(C#N)CCCSc1n[nH]c(C)n1. The van der Waals surface area contributed by atoms with Gasteiger partial charge >= 0.3 is 0 Å². The second kappa shape index (κ2) is 5.87. The van der Waals surface area contributed by atoms with E-state index in [1.165, 1.54) is 0 Å². The standard InChI is InChI=1S/C10H17N5S/c1-8-13-9(15-14-8)16-6-4-5-10(2,7-11)12-3/h12H,4-6H2,1-3H3,(H,13,14,15). The molecule has 0 aliphatic carbocycles. The van der Waals surface area contributed by atoms with E-state index in [0.29, 0.717) is 0 Å². The third-order valence-corrected chi connectivity index (χ3v) is 3.36. The Morgan fingerprint density at radius 1 is 1.62 bits per heavy atom. The van der Waals surface area contributed by atoms with Gasteiger partial charge in [-0.3, -0.25) is 5.10 Å². The quantitative estimate of drug-likeness (QED) is 0.581. The van der Waals surface area contributed by atoms with E-state index in [1.807, 2.05) is 20.9 Å². The Morgan fingerprint density at radius 3 is 2.88 bits per heavy atom. The molecule has 0 saturated heterocycles. The molecule has 1 heterocycles. The van der Waals surface area contributed by atoms with E-state index in [-0.39, 0.29) is 0 Å². The Bertz CT molecular complexity index is 370. The monoisotopic (exact) mass is 239 g/mol. The highest BCUT2D eigenvalue weighted by atomic mass is 32.2. The van der Waals surface area contributed by atoms with Crippen molar-refractivity contribution in [2.45, 2.75) is 37.4 Å². The minimum Gasteiger partial charge on any atom is -0.303 e. The first kappa shape index (κ1) is 13.0. The minimum absolute atomic E-state index is 0.421. The Morgan fingerprint density at radius 2 is 2.38 bits per heavy atom. The molecular weight excluding hydrogens is 222 g/mol. The molecular formula is C10H17N5S. The average molecular weight is 239 g/mol. The zero-order valence-corrected chi connectivity index (χ0v) is 10.7. The van der Waals surface area contributed by atoms with Crippen LogP contribution >= 0.6 is 11.8 Å². The topological polar surface area (TPSA) is 77.4 Å². The van der Waals surface area contributed by atoms with Gasteiger partial charge in [-0.15, -0.1) is 5.10 Å². The molecule has 1 atom stereocenters. The van der Waals surface area contributed by atoms with E-state index >= 15 is 0 Å². The van der Waals surface area contributed by atoms with Crippen LogP contribution in [0.25, 0.3) is 0 Å². The summed E-state index contributed by atoms with van der Waals surface area (Å²) in [6.45, 7) is 3.79. The molecule has 0 saturated carbocycles. The van der Waals surface area contributed by atoms with Crippen LogP contribution < -0.4 is 5.32 Å². The number of rotatable bonds is 6. The number of H-pyrrole nitrogens is 1. The van der Waals surface area contributed by atoms with Crippen LogP contribution in [-0.4, -0.2) is 33.5 Å². The summed E-state index contributed by atoms with van der Waals surface area (Å²) in [5.41, 5.74) is -0.421. The number of hydrogen-bond donors (Lipinski definition) is 2. The lowest BCUT2D eigenvalue weighted by atomic mass is 9.99. The van der Waals surface area contributed by atoms with Crippen LogP contribution in [0.3, 0.4) is 0 Å². The number of aromatic nitrogens is 3. The van der Waals surface area contributed by atoms with Crippen LogP contribution in [0.2, 0.25) is 0 Å². The minimum atomic E-state index is -0.421. The fourth-order valence-corrected chi connectivity index (χ4v) is 2.00. The summed E-state index contributed by atoms with van der Waals surface area (Å²) >= 11 is 1.61. The van der Waals surface area contributed by atoms with Crippen molar-refractivity contribution in [3.63, 3.8) is 0 Å². The molecule has 0 aliphatic rings. The molecule has 1 unspecified atom stereocenters. The molecule has 0 aliphatic heterocycles. The van der Waals surface area contributed by atoms with Gasteiger partial charge in [-0.25, -0.2) is 4.98 Å². The van der Waals surface area contributed by atoms with Gasteiger partial charge in [-0.2, -0.15) is 5.26 Å². The van der Waals surface area contributed by atoms with E-state index in [9.17, 15) is 0 Å². The van der Waals surface area contributed by atoms with Crippen molar-refractivity contribution >= 4 is 11.8 Å². The van der Waals surface area contributed by atoms with Gasteiger partial charge in [0.25, 0.3) is 0 Å². The highest BCUT2D eigenvalue weighted by molar-refractivity contribution is 7.99. The fraction of sp³-hybridized carbons (Fsp3) is 0.700. The molecule has 5 nitrogen and oxygen atoms in total. The molecule has 1 aromatic heterocycles. The number of nitrogens with zero attached hydrogens (tertiary/aromatic N) is 3. The summed E-state index contributed by atoms with van der Waals surface area (Å²) in [6, 6.07) is 2.27. The van der Waals surface area contributed by atoms with E-state index in [1.54, 1.807) is 11.8 Å². The van der Waals surface area contributed by atoms with Crippen molar-refractivity contribution in [2.24, 2.45) is 0 Å². The van der Waals surface area contributed by atoms with Gasteiger partial charge in [0.05, 0.1) is 6.07 Å². The van der Waals surface area contributed by atoms with Gasteiger partial charge in [-0.05, 0) is 33.7 Å². The Balaban J connectivity index is 2.24. The summed E-state index contributed by atoms with van der Waals surface area (Å²) in [5, 5.41) is 19.6. The number of thioether (sulfide) groups is 1. The number of aromatic amines is 1. The van der Waals surface area contributed by atoms with Crippen LogP contribution in [0.1, 0.15) is 25.6 Å². The molecule has 0 spiro atoms. The molecule has 0 amide bonds. The molecule has 1 rings (SSSR count). The van der Waals surface area contributed by atoms with E-state index < -0.39 is 5.54 Å². The molecule has 6 heteroatoms. The van der Waals surface area contributed by atoms with Crippen molar-refractivity contribution < 1.29 is 0 Å². The number of nitrogens with one attached hydrogen (secondary N) is 2. The zero-order chi connectivity index (χ0) is 12.0. The number of nitriles is 1. The van der Waals surface area contributed by atoms with Crippen LogP contribution in [0.5, 0.6) is 0 Å². The molecule has 0 radical (unpaired) electrons. The van der Waals surface area contributed by atoms with Crippen molar-refractivity contribution in [1.82, 2.24) is 20.5 Å². The zero-order valence-electron chi connectivity index (χ0n) is 9.87. The molecule has 16 heavy (non-hydrogen) atoms. The summed E-state index contributed by atoms with van der Waals surface area (Å²) in [5.74, 6) is 1.76. The van der Waals surface area contributed by atoms with Crippen molar-refractivity contribution in [3.8, 4) is 6.07 Å². The van der Waals surface area contributed by atoms with Crippen LogP contribution in [0.4, 0.5) is 0 Å². The first-order valence-electron chi connectivity index (χ1n) is 5.21. The predicted molar refractivity (Wildman–Crippen MR) is 64.2 cm³/mol. The summed E-state index contributed by atoms with van der Waals surface area (Å²) in [7, 11) is 1.81. The smallest absolute Gasteiger partial charge is 0.208 e. The van der Waals surface area contributed by atoms with Crippen LogP contribution in [0, 0.1) is 18.3 Å². The summed E-state index contributed by atoms with van der Waals surface area (Å²) < 4.78 is 0. The predicted octanol–water partition coefficient (Wildman–Crippen LogP) is 1.49. The number of hydrogen-bond acceptors (Lipinski definition) is 5. The Labute approximate surface area is 100 Å². The van der Waals surface area contributed by atoms with Crippen LogP contribution in [0.15, 0.2) is 5.16 Å². The van der Waals surface area contributed by atoms with E-state index in [2.05, 4.69) is 26.6 Å². The normalized spacial score (nSPS) is 14.4. The average Bonchev–Trinajstić information content (AvgIpc) is 2.70. The third kappa shape index (κ3) is 3.83. The lowest BCUT2D eigenvalue weighted by Gasteiger charge is -2.19. The van der Waals surface area contributed by atoms with Gasteiger partial charge in [0.2, 0.25) is 5.16 Å². The summed E-state index contributed by atoms with van der Waals surface area (Å²) in [4.78, 5) is 4.20. The first-order valence-corrected chi connectivity index (χ1v) is 6.20. The van der Waals surface area contributed by atoms with Gasteiger partial charge < -0.3 is 5.32 Å². The second-order valence-corrected chi connectivity index (χ2v) is 4.91. The second-order valence-electron chi connectivity index (χ2n) is 3.85. The molecule has 2 N–H and O–H groups in total. The molecule has 1 aromatic rings. The molecule has 0 fully saturated rings. The van der Waals surface area contributed by atoms with Crippen molar-refractivity contribution in [3.05, 3.63) is 5.82 Å². The first-order chi connectivity index (χ1) is 7.59. The largest absolute Gasteiger partial charge is 0.303 e. The molecule has 88 valence electrons. The highest BCUT2D eigenvalue weighted by Gasteiger charge is 2.20. The Kier molecular flexibility index (Phi) is 4.77. The maximum Gasteiger partial charge on any atom is 0.208 e. The Hall–Kier alpha value is -1.06. The van der Waals surface area contributed by atoms with Gasteiger partial charge in [0.15, 0.2) is 0 Å². The van der Waals surface area contributed by atoms with E-state index in [4.69, 9.17) is 5.26 Å². The maximum atomic E-state index is 8.96. The molecule has 0 bridgehead atoms. The number of aryl methyl sites for hydroxylation is 1. The van der Waals surface area contributed by atoms with Crippen molar-refractivity contribution in [2.75, 3.05) is 12.8 Å². The highest BCUT2D eigenvalue weighted by Crippen LogP contribution is 2.17. The van der Waals surface area contributed by atoms with Gasteiger partial charge in [-0.1, -0.05) is 11.8 Å². The maximum absolute atomic E-state index is 8.96. The lowest BCUT2D eigenvalue weighted by Crippen LogP contribution is -2.37. The fourth-order valence-electron chi connectivity index (χ4n) is 1.21. The lowest BCUT2D eigenvalue weighted by molar-refractivity contribution is 0.451. The van der Waals surface area contributed by atoms with E-state index in [0.717, 1.165) is 29.6 Å². The summed E-state index contributed by atoms with van der Waals surface area (Å²) in [6.07, 6.45) is 1.79.